The summed E-state index contributed by atoms with van der Waals surface area (Å²) in [4.78, 5) is 38.3. The summed E-state index contributed by atoms with van der Waals surface area (Å²) in [6.07, 6.45) is 73.7. The van der Waals surface area contributed by atoms with Crippen molar-refractivity contribution in [2.24, 2.45) is 0 Å². The highest BCUT2D eigenvalue weighted by molar-refractivity contribution is 5.71. The minimum Gasteiger partial charge on any atom is -0.462 e. The molecule has 0 fully saturated rings. The molecule has 6 heteroatoms. The minimum absolute atomic E-state index is 0.0659. The average Bonchev–Trinajstić information content (AvgIpc) is 3.39. The Hall–Kier alpha value is -1.85. The van der Waals surface area contributed by atoms with E-state index in [-0.39, 0.29) is 31.1 Å². The Bertz CT molecular complexity index is 1130. The summed E-state index contributed by atoms with van der Waals surface area (Å²) >= 11 is 0. The van der Waals surface area contributed by atoms with Gasteiger partial charge in [0, 0.05) is 19.3 Å². The van der Waals surface area contributed by atoms with Crippen molar-refractivity contribution in [1.29, 1.82) is 0 Å². The van der Waals surface area contributed by atoms with Crippen molar-refractivity contribution in [1.82, 2.24) is 0 Å². The molecule has 0 aromatic heterocycles. The van der Waals surface area contributed by atoms with Gasteiger partial charge in [-0.3, -0.25) is 14.4 Å². The van der Waals surface area contributed by atoms with Crippen molar-refractivity contribution in [2.45, 2.75) is 386 Å². The third-order valence-corrected chi connectivity index (χ3v) is 15.3. The van der Waals surface area contributed by atoms with Crippen molar-refractivity contribution in [3.8, 4) is 0 Å². The zero-order chi connectivity index (χ0) is 52.9. The molecular formula is C67H128O6. The van der Waals surface area contributed by atoms with Crippen LogP contribution < -0.4 is 0 Å². The van der Waals surface area contributed by atoms with Gasteiger partial charge in [0.25, 0.3) is 0 Å². The highest BCUT2D eigenvalue weighted by Gasteiger charge is 2.19. The summed E-state index contributed by atoms with van der Waals surface area (Å²) in [7, 11) is 0. The van der Waals surface area contributed by atoms with E-state index >= 15 is 0 Å². The number of ether oxygens (including phenoxy) is 3. The first kappa shape index (κ1) is 71.2. The van der Waals surface area contributed by atoms with Crippen LogP contribution in [-0.2, 0) is 28.6 Å². The molecule has 432 valence electrons. The van der Waals surface area contributed by atoms with Gasteiger partial charge in [0.15, 0.2) is 6.10 Å². The molecule has 0 aromatic carbocycles. The number of carbonyl (C=O) groups is 3. The van der Waals surface area contributed by atoms with E-state index in [0.29, 0.717) is 19.3 Å². The van der Waals surface area contributed by atoms with Gasteiger partial charge in [0.2, 0.25) is 0 Å². The Kier molecular flexibility index (Phi) is 61.1. The number of hydrogen-bond donors (Lipinski definition) is 0. The van der Waals surface area contributed by atoms with Gasteiger partial charge in [-0.15, -0.1) is 0 Å². The first-order valence-corrected chi connectivity index (χ1v) is 33.2. The van der Waals surface area contributed by atoms with Gasteiger partial charge in [-0.2, -0.15) is 0 Å². The molecule has 0 spiro atoms. The third kappa shape index (κ3) is 60.9. The Labute approximate surface area is 456 Å². The quantitative estimate of drug-likeness (QED) is 0.0261. The molecule has 0 radical (unpaired) electrons. The normalized spacial score (nSPS) is 12.0. The van der Waals surface area contributed by atoms with Crippen LogP contribution in [0.15, 0.2) is 12.2 Å². The molecular weight excluding hydrogens is 901 g/mol. The van der Waals surface area contributed by atoms with Crippen LogP contribution >= 0.6 is 0 Å². The Morgan fingerprint density at radius 1 is 0.260 bits per heavy atom. The van der Waals surface area contributed by atoms with Gasteiger partial charge in [-0.05, 0) is 44.9 Å². The molecule has 0 heterocycles. The maximum atomic E-state index is 12.9. The third-order valence-electron chi connectivity index (χ3n) is 15.3. The van der Waals surface area contributed by atoms with Gasteiger partial charge in [0.05, 0.1) is 0 Å². The van der Waals surface area contributed by atoms with E-state index in [9.17, 15) is 14.4 Å². The first-order chi connectivity index (χ1) is 36.0. The summed E-state index contributed by atoms with van der Waals surface area (Å²) in [5.74, 6) is -0.843. The van der Waals surface area contributed by atoms with Crippen LogP contribution in [0.5, 0.6) is 0 Å². The predicted octanol–water partition coefficient (Wildman–Crippen LogP) is 22.4. The Balaban J connectivity index is 4.23. The van der Waals surface area contributed by atoms with Crippen LogP contribution in [0.25, 0.3) is 0 Å². The highest BCUT2D eigenvalue weighted by atomic mass is 16.6. The molecule has 0 aromatic rings. The van der Waals surface area contributed by atoms with Crippen molar-refractivity contribution >= 4 is 17.9 Å². The van der Waals surface area contributed by atoms with Gasteiger partial charge in [-0.1, -0.05) is 328 Å². The Morgan fingerprint density at radius 3 is 0.685 bits per heavy atom. The zero-order valence-electron chi connectivity index (χ0n) is 49.7. The number of allylic oxidation sites excluding steroid dienone is 2. The lowest BCUT2D eigenvalue weighted by Crippen LogP contribution is -2.30. The summed E-state index contributed by atoms with van der Waals surface area (Å²) in [6.45, 7) is 6.71. The topological polar surface area (TPSA) is 78.9 Å². The molecule has 0 rings (SSSR count). The van der Waals surface area contributed by atoms with E-state index in [1.807, 2.05) is 0 Å². The van der Waals surface area contributed by atoms with Gasteiger partial charge in [0.1, 0.15) is 13.2 Å². The average molecular weight is 1030 g/mol. The van der Waals surface area contributed by atoms with Crippen molar-refractivity contribution in [2.75, 3.05) is 13.2 Å². The van der Waals surface area contributed by atoms with Gasteiger partial charge >= 0.3 is 17.9 Å². The van der Waals surface area contributed by atoms with Crippen LogP contribution in [0, 0.1) is 0 Å². The molecule has 0 aliphatic heterocycles. The minimum atomic E-state index is -0.769. The summed E-state index contributed by atoms with van der Waals surface area (Å²) in [5.41, 5.74) is 0. The maximum Gasteiger partial charge on any atom is 0.306 e. The predicted molar refractivity (Wildman–Crippen MR) is 317 cm³/mol. The molecule has 0 N–H and O–H groups in total. The second-order valence-corrected chi connectivity index (χ2v) is 22.7. The van der Waals surface area contributed by atoms with E-state index in [1.54, 1.807) is 0 Å². The summed E-state index contributed by atoms with van der Waals surface area (Å²) in [5, 5.41) is 0. The maximum absolute atomic E-state index is 12.9. The summed E-state index contributed by atoms with van der Waals surface area (Å²) in [6, 6.07) is 0. The van der Waals surface area contributed by atoms with Crippen molar-refractivity contribution in [3.63, 3.8) is 0 Å². The van der Waals surface area contributed by atoms with Gasteiger partial charge < -0.3 is 14.2 Å². The number of esters is 3. The van der Waals surface area contributed by atoms with E-state index in [0.717, 1.165) is 64.2 Å². The molecule has 0 amide bonds. The molecule has 0 bridgehead atoms. The van der Waals surface area contributed by atoms with Crippen LogP contribution in [0.1, 0.15) is 380 Å². The van der Waals surface area contributed by atoms with Crippen molar-refractivity contribution < 1.29 is 28.6 Å². The largest absolute Gasteiger partial charge is 0.462 e. The van der Waals surface area contributed by atoms with E-state index < -0.39 is 6.10 Å². The fourth-order valence-electron chi connectivity index (χ4n) is 10.3. The molecule has 0 aliphatic carbocycles. The van der Waals surface area contributed by atoms with E-state index in [2.05, 4.69) is 32.9 Å². The molecule has 0 saturated heterocycles. The zero-order valence-corrected chi connectivity index (χ0v) is 49.7. The lowest BCUT2D eigenvalue weighted by atomic mass is 10.0. The molecule has 0 saturated carbocycles. The van der Waals surface area contributed by atoms with E-state index in [4.69, 9.17) is 14.2 Å². The fraction of sp³-hybridized carbons (Fsp3) is 0.925. The lowest BCUT2D eigenvalue weighted by Gasteiger charge is -2.18. The molecule has 73 heavy (non-hydrogen) atoms. The molecule has 6 nitrogen and oxygen atoms in total. The van der Waals surface area contributed by atoms with Gasteiger partial charge in [-0.25, -0.2) is 0 Å². The number of hydrogen-bond acceptors (Lipinski definition) is 6. The van der Waals surface area contributed by atoms with Crippen LogP contribution in [0.2, 0.25) is 0 Å². The molecule has 1 atom stereocenters. The van der Waals surface area contributed by atoms with E-state index in [1.165, 1.54) is 276 Å². The number of rotatable bonds is 62. The number of unbranched alkanes of at least 4 members (excludes halogenated alkanes) is 49. The highest BCUT2D eigenvalue weighted by Crippen LogP contribution is 2.18. The first-order valence-electron chi connectivity index (χ1n) is 33.2. The van der Waals surface area contributed by atoms with Crippen LogP contribution in [-0.4, -0.2) is 37.2 Å². The SMILES string of the molecule is CCCCCCCC/C=C\CCCCCCCC(=O)OCC(COC(=O)CCCCCCCCCCCCCCCCCCCCCCCCCC)OC(=O)CCCCCCCCCCCCCCCCCC. The summed E-state index contributed by atoms with van der Waals surface area (Å²) < 4.78 is 17.0. The Morgan fingerprint density at radius 2 is 0.452 bits per heavy atom. The molecule has 1 unspecified atom stereocenters. The number of carbonyl (C=O) groups excluding carboxylic acids is 3. The lowest BCUT2D eigenvalue weighted by molar-refractivity contribution is -0.167. The second kappa shape index (κ2) is 62.7. The smallest absolute Gasteiger partial charge is 0.306 e. The van der Waals surface area contributed by atoms with Crippen molar-refractivity contribution in [3.05, 3.63) is 12.2 Å². The second-order valence-electron chi connectivity index (χ2n) is 22.7. The molecule has 0 aliphatic rings. The monoisotopic (exact) mass is 1030 g/mol. The standard InChI is InChI=1S/C67H128O6/c1-4-7-10-13-16-19-22-25-28-30-31-32-33-34-35-36-37-40-42-45-48-51-54-57-60-66(69)72-63-64(62-71-65(68)59-56-53-50-47-44-41-38-27-24-21-18-15-12-9-6-3)73-67(70)61-58-55-52-49-46-43-39-29-26-23-20-17-14-11-8-5-2/h27,38,64H,4-26,28-37,39-63H2,1-3H3/b38-27-. The fourth-order valence-corrected chi connectivity index (χ4v) is 10.3. The van der Waals surface area contributed by atoms with Crippen LogP contribution in [0.3, 0.4) is 0 Å². The van der Waals surface area contributed by atoms with Crippen LogP contribution in [0.4, 0.5) is 0 Å².